The van der Waals surface area contributed by atoms with Crippen LogP contribution in [0.1, 0.15) is 15.9 Å². The highest BCUT2D eigenvalue weighted by molar-refractivity contribution is 6.31. The SMILES string of the molecule is O=C(O)c1cn(Cc2ccc3ncc(Cl)cc3c2)c2cnccc12. The Kier molecular flexibility index (Phi) is 3.43. The summed E-state index contributed by atoms with van der Waals surface area (Å²) in [4.78, 5) is 19.8. The molecular formula is C18H12ClN3O2. The molecular weight excluding hydrogens is 326 g/mol. The van der Waals surface area contributed by atoms with Crippen molar-refractivity contribution in [2.75, 3.05) is 0 Å². The van der Waals surface area contributed by atoms with Crippen LogP contribution < -0.4 is 0 Å². The standard InChI is InChI=1S/C18H12ClN3O2/c19-13-6-12-5-11(1-2-16(12)21-7-13)9-22-10-15(18(23)24)14-3-4-20-8-17(14)22/h1-8,10H,9H2,(H,23,24). The fraction of sp³-hybridized carbons (Fsp3) is 0.0556. The molecule has 118 valence electrons. The Morgan fingerprint density at radius 3 is 2.92 bits per heavy atom. The van der Waals surface area contributed by atoms with Crippen LogP contribution in [0.5, 0.6) is 0 Å². The van der Waals surface area contributed by atoms with E-state index < -0.39 is 5.97 Å². The fourth-order valence-corrected chi connectivity index (χ4v) is 3.05. The summed E-state index contributed by atoms with van der Waals surface area (Å²) >= 11 is 6.01. The molecule has 0 aliphatic rings. The van der Waals surface area contributed by atoms with Crippen LogP contribution in [0.3, 0.4) is 0 Å². The lowest BCUT2D eigenvalue weighted by Crippen LogP contribution is -1.99. The minimum absolute atomic E-state index is 0.276. The summed E-state index contributed by atoms with van der Waals surface area (Å²) in [5, 5.41) is 11.6. The normalized spacial score (nSPS) is 11.2. The summed E-state index contributed by atoms with van der Waals surface area (Å²) < 4.78 is 1.89. The van der Waals surface area contributed by atoms with Crippen molar-refractivity contribution in [3.8, 4) is 0 Å². The van der Waals surface area contributed by atoms with Gasteiger partial charge in [-0.25, -0.2) is 4.79 Å². The lowest BCUT2D eigenvalue weighted by molar-refractivity contribution is 0.0699. The zero-order valence-corrected chi connectivity index (χ0v) is 13.2. The van der Waals surface area contributed by atoms with Crippen molar-refractivity contribution in [3.05, 3.63) is 71.3 Å². The average molecular weight is 338 g/mol. The van der Waals surface area contributed by atoms with Crippen LogP contribution in [-0.2, 0) is 6.54 Å². The van der Waals surface area contributed by atoms with Crippen LogP contribution in [0.15, 0.2) is 55.1 Å². The molecule has 0 amide bonds. The van der Waals surface area contributed by atoms with Gasteiger partial charge in [0.15, 0.2) is 0 Å². The molecule has 0 atom stereocenters. The molecule has 0 fully saturated rings. The lowest BCUT2D eigenvalue weighted by Gasteiger charge is -2.07. The molecule has 0 bridgehead atoms. The Balaban J connectivity index is 1.80. The summed E-state index contributed by atoms with van der Waals surface area (Å²) in [5.74, 6) is -0.945. The van der Waals surface area contributed by atoms with Gasteiger partial charge in [-0.1, -0.05) is 17.7 Å². The number of halogens is 1. The molecule has 4 aromatic rings. The van der Waals surface area contributed by atoms with Crippen LogP contribution in [0.25, 0.3) is 21.8 Å². The molecule has 4 rings (SSSR count). The highest BCUT2D eigenvalue weighted by Gasteiger charge is 2.14. The van der Waals surface area contributed by atoms with E-state index in [0.29, 0.717) is 17.0 Å². The second kappa shape index (κ2) is 5.62. The number of aromatic nitrogens is 3. The molecule has 0 spiro atoms. The molecule has 0 aliphatic heterocycles. The number of rotatable bonds is 3. The second-order valence-corrected chi connectivity index (χ2v) is 5.99. The average Bonchev–Trinajstić information content (AvgIpc) is 2.94. The maximum atomic E-state index is 11.4. The number of carboxylic acids is 1. The van der Waals surface area contributed by atoms with Gasteiger partial charge >= 0.3 is 5.97 Å². The van der Waals surface area contributed by atoms with Gasteiger partial charge in [0.2, 0.25) is 0 Å². The van der Waals surface area contributed by atoms with Gasteiger partial charge in [0.1, 0.15) is 0 Å². The third-order valence-corrected chi connectivity index (χ3v) is 4.19. The molecule has 6 heteroatoms. The number of hydrogen-bond donors (Lipinski definition) is 1. The van der Waals surface area contributed by atoms with Gasteiger partial charge < -0.3 is 9.67 Å². The molecule has 5 nitrogen and oxygen atoms in total. The number of carboxylic acid groups (broad SMARTS) is 1. The van der Waals surface area contributed by atoms with Gasteiger partial charge in [-0.05, 0) is 29.8 Å². The molecule has 0 unspecified atom stereocenters. The summed E-state index contributed by atoms with van der Waals surface area (Å²) in [6, 6.07) is 9.51. The largest absolute Gasteiger partial charge is 0.478 e. The maximum absolute atomic E-state index is 11.4. The molecule has 3 aromatic heterocycles. The van der Waals surface area contributed by atoms with Crippen LogP contribution in [0.4, 0.5) is 0 Å². The molecule has 0 aliphatic carbocycles. The summed E-state index contributed by atoms with van der Waals surface area (Å²) in [5.41, 5.74) is 2.97. The first-order valence-corrected chi connectivity index (χ1v) is 7.70. The van der Waals surface area contributed by atoms with E-state index >= 15 is 0 Å². The first-order valence-electron chi connectivity index (χ1n) is 7.32. The third-order valence-electron chi connectivity index (χ3n) is 3.98. The Labute approximate surface area is 142 Å². The second-order valence-electron chi connectivity index (χ2n) is 5.55. The zero-order valence-electron chi connectivity index (χ0n) is 12.5. The molecule has 3 heterocycles. The van der Waals surface area contributed by atoms with Crippen molar-refractivity contribution in [3.63, 3.8) is 0 Å². The topological polar surface area (TPSA) is 68.0 Å². The Hall–Kier alpha value is -2.92. The van der Waals surface area contributed by atoms with Gasteiger partial charge in [0.25, 0.3) is 0 Å². The number of carbonyl (C=O) groups is 1. The molecule has 0 saturated carbocycles. The first kappa shape index (κ1) is 14.7. The van der Waals surface area contributed by atoms with Crippen molar-refractivity contribution < 1.29 is 9.90 Å². The van der Waals surface area contributed by atoms with Crippen LogP contribution in [-0.4, -0.2) is 25.6 Å². The number of hydrogen-bond acceptors (Lipinski definition) is 3. The quantitative estimate of drug-likeness (QED) is 0.614. The summed E-state index contributed by atoms with van der Waals surface area (Å²) in [7, 11) is 0. The first-order chi connectivity index (χ1) is 11.6. The van der Waals surface area contributed by atoms with Crippen molar-refractivity contribution in [1.82, 2.24) is 14.5 Å². The number of aromatic carboxylic acids is 1. The highest BCUT2D eigenvalue weighted by atomic mass is 35.5. The minimum atomic E-state index is -0.945. The Bertz CT molecular complexity index is 1090. The third kappa shape index (κ3) is 2.49. The van der Waals surface area contributed by atoms with Gasteiger partial charge in [-0.3, -0.25) is 9.97 Å². The van der Waals surface area contributed by atoms with Crippen molar-refractivity contribution in [2.24, 2.45) is 0 Å². The molecule has 1 N–H and O–H groups in total. The van der Waals surface area contributed by atoms with Gasteiger partial charge in [-0.15, -0.1) is 0 Å². The fourth-order valence-electron chi connectivity index (χ4n) is 2.89. The lowest BCUT2D eigenvalue weighted by atomic mass is 10.1. The van der Waals surface area contributed by atoms with Crippen LogP contribution in [0.2, 0.25) is 5.02 Å². The van der Waals surface area contributed by atoms with E-state index in [0.717, 1.165) is 22.0 Å². The van der Waals surface area contributed by atoms with Crippen molar-refractivity contribution >= 4 is 39.4 Å². The van der Waals surface area contributed by atoms with Gasteiger partial charge in [-0.2, -0.15) is 0 Å². The summed E-state index contributed by atoms with van der Waals surface area (Å²) in [6.45, 7) is 0.540. The number of pyridine rings is 2. The molecule has 0 saturated heterocycles. The number of fused-ring (bicyclic) bond motifs is 2. The highest BCUT2D eigenvalue weighted by Crippen LogP contribution is 2.23. The Morgan fingerprint density at radius 2 is 2.08 bits per heavy atom. The predicted octanol–water partition coefficient (Wildman–Crippen LogP) is 3.98. The van der Waals surface area contributed by atoms with Gasteiger partial charge in [0, 0.05) is 35.9 Å². The Morgan fingerprint density at radius 1 is 1.21 bits per heavy atom. The molecule has 1 aromatic carbocycles. The molecule has 0 radical (unpaired) electrons. The smallest absolute Gasteiger partial charge is 0.337 e. The van der Waals surface area contributed by atoms with E-state index in [4.69, 9.17) is 11.6 Å². The predicted molar refractivity (Wildman–Crippen MR) is 92.5 cm³/mol. The minimum Gasteiger partial charge on any atom is -0.478 e. The van der Waals surface area contributed by atoms with Gasteiger partial charge in [0.05, 0.1) is 27.8 Å². The zero-order chi connectivity index (χ0) is 16.7. The molecule has 24 heavy (non-hydrogen) atoms. The number of benzene rings is 1. The van der Waals surface area contributed by atoms with E-state index in [1.54, 1.807) is 30.9 Å². The van der Waals surface area contributed by atoms with Crippen molar-refractivity contribution in [2.45, 2.75) is 6.54 Å². The summed E-state index contributed by atoms with van der Waals surface area (Å²) in [6.07, 6.45) is 6.55. The van der Waals surface area contributed by atoms with E-state index in [-0.39, 0.29) is 5.56 Å². The number of nitrogens with zero attached hydrogens (tertiary/aromatic N) is 3. The van der Waals surface area contributed by atoms with Crippen LogP contribution in [0, 0.1) is 0 Å². The maximum Gasteiger partial charge on any atom is 0.337 e. The van der Waals surface area contributed by atoms with Crippen LogP contribution >= 0.6 is 11.6 Å². The van der Waals surface area contributed by atoms with E-state index in [2.05, 4.69) is 9.97 Å². The van der Waals surface area contributed by atoms with Crippen molar-refractivity contribution in [1.29, 1.82) is 0 Å². The van der Waals surface area contributed by atoms with E-state index in [1.165, 1.54) is 0 Å². The monoisotopic (exact) mass is 337 g/mol. The van der Waals surface area contributed by atoms with E-state index in [9.17, 15) is 9.90 Å². The van der Waals surface area contributed by atoms with E-state index in [1.807, 2.05) is 28.8 Å².